The highest BCUT2D eigenvalue weighted by Crippen LogP contribution is 2.34. The molecule has 1 N–H and O–H groups in total. The van der Waals surface area contributed by atoms with Gasteiger partial charge >= 0.3 is 24.7 Å². The summed E-state index contributed by atoms with van der Waals surface area (Å²) in [6.45, 7) is 1.09. The minimum Gasteiger partial charge on any atom is -0.478 e. The molecule has 2 aliphatic rings. The molecule has 0 unspecified atom stereocenters. The standard InChI is InChI=1S/C17H14F3NO3.C16H10F3NO4/c1-23-16(22)14-4-2-3-11-9-21(10-15(11)14)12-5-7-13(8-6-12)24-17(18,19)20;17-16(18,19)24-10-6-4-9(5-7-10)20-8-13-11(14(20)21)2-1-3-12(13)15(22)23/h2-8H,9-10H2,1H3;1-7H,8H2,(H,22,23). The zero-order valence-corrected chi connectivity index (χ0v) is 24.8. The molecule has 0 fully saturated rings. The Morgan fingerprint density at radius 2 is 1.23 bits per heavy atom. The quantitative estimate of drug-likeness (QED) is 0.167. The smallest absolute Gasteiger partial charge is 0.478 e. The van der Waals surface area contributed by atoms with Crippen LogP contribution in [0.1, 0.15) is 47.8 Å². The molecule has 2 aliphatic heterocycles. The number of amides is 1. The molecule has 0 spiro atoms. The van der Waals surface area contributed by atoms with Gasteiger partial charge in [-0.05, 0) is 83.4 Å². The Labute approximate surface area is 268 Å². The number of halogens is 6. The Morgan fingerprint density at radius 3 is 1.77 bits per heavy atom. The van der Waals surface area contributed by atoms with Gasteiger partial charge in [-0.1, -0.05) is 18.2 Å². The monoisotopic (exact) mass is 674 g/mol. The maximum atomic E-state index is 12.4. The number of hydrogen-bond acceptors (Lipinski definition) is 7. The van der Waals surface area contributed by atoms with Crippen molar-refractivity contribution >= 4 is 29.2 Å². The Bertz CT molecular complexity index is 1840. The topological polar surface area (TPSA) is 106 Å². The van der Waals surface area contributed by atoms with Crippen LogP contribution in [0.4, 0.5) is 37.7 Å². The number of alkyl halides is 6. The number of carbonyl (C=O) groups excluding carboxylic acids is 2. The highest BCUT2D eigenvalue weighted by Gasteiger charge is 2.34. The van der Waals surface area contributed by atoms with Gasteiger partial charge < -0.3 is 29.1 Å². The number of carbonyl (C=O) groups is 3. The molecular formula is C33H24F6N2O7. The number of nitrogens with zero attached hydrogens (tertiary/aromatic N) is 2. The van der Waals surface area contributed by atoms with Crippen molar-refractivity contribution in [3.63, 3.8) is 0 Å². The summed E-state index contributed by atoms with van der Waals surface area (Å²) in [5, 5.41) is 9.18. The van der Waals surface area contributed by atoms with Crippen LogP contribution < -0.4 is 19.3 Å². The van der Waals surface area contributed by atoms with Gasteiger partial charge in [0.2, 0.25) is 0 Å². The van der Waals surface area contributed by atoms with E-state index in [0.717, 1.165) is 28.9 Å². The van der Waals surface area contributed by atoms with E-state index in [-0.39, 0.29) is 23.4 Å². The number of aromatic carboxylic acids is 1. The van der Waals surface area contributed by atoms with Crippen LogP contribution in [-0.2, 0) is 24.4 Å². The van der Waals surface area contributed by atoms with Crippen LogP contribution in [0.5, 0.6) is 11.5 Å². The molecule has 0 aliphatic carbocycles. The average molecular weight is 675 g/mol. The number of fused-ring (bicyclic) bond motifs is 2. The predicted molar refractivity (Wildman–Crippen MR) is 158 cm³/mol. The molecule has 0 atom stereocenters. The number of anilines is 2. The van der Waals surface area contributed by atoms with Crippen LogP contribution in [-0.4, -0.2) is 42.8 Å². The molecule has 15 heteroatoms. The first-order chi connectivity index (χ1) is 22.6. The van der Waals surface area contributed by atoms with E-state index < -0.39 is 36.3 Å². The maximum Gasteiger partial charge on any atom is 0.573 e. The van der Waals surface area contributed by atoms with E-state index in [2.05, 4.69) is 9.47 Å². The lowest BCUT2D eigenvalue weighted by molar-refractivity contribution is -0.275. The lowest BCUT2D eigenvalue weighted by Gasteiger charge is -2.18. The number of hydrogen-bond donors (Lipinski definition) is 1. The summed E-state index contributed by atoms with van der Waals surface area (Å²) in [5.41, 5.74) is 4.15. The van der Waals surface area contributed by atoms with Gasteiger partial charge in [-0.25, -0.2) is 9.59 Å². The first kappa shape index (κ1) is 33.6. The molecule has 2 heterocycles. The number of carboxylic acid groups (broad SMARTS) is 1. The van der Waals surface area contributed by atoms with Gasteiger partial charge in [0, 0.05) is 30.0 Å². The van der Waals surface area contributed by atoms with E-state index in [1.165, 1.54) is 54.5 Å². The van der Waals surface area contributed by atoms with Crippen molar-refractivity contribution in [3.8, 4) is 11.5 Å². The highest BCUT2D eigenvalue weighted by molar-refractivity contribution is 6.12. The van der Waals surface area contributed by atoms with E-state index in [9.17, 15) is 45.8 Å². The van der Waals surface area contributed by atoms with Crippen molar-refractivity contribution in [2.75, 3.05) is 16.9 Å². The summed E-state index contributed by atoms with van der Waals surface area (Å²) in [7, 11) is 1.33. The van der Waals surface area contributed by atoms with E-state index in [4.69, 9.17) is 4.74 Å². The minimum absolute atomic E-state index is 0.0281. The predicted octanol–water partition coefficient (Wildman–Crippen LogP) is 7.34. The molecule has 1 amide bonds. The van der Waals surface area contributed by atoms with Gasteiger partial charge in [0.25, 0.3) is 5.91 Å². The van der Waals surface area contributed by atoms with Crippen LogP contribution in [0.25, 0.3) is 0 Å². The summed E-state index contributed by atoms with van der Waals surface area (Å²) >= 11 is 0. The van der Waals surface area contributed by atoms with Crippen molar-refractivity contribution in [1.29, 1.82) is 0 Å². The van der Waals surface area contributed by atoms with Gasteiger partial charge in [0.05, 0.1) is 24.8 Å². The minimum atomic E-state index is -4.79. The van der Waals surface area contributed by atoms with Gasteiger partial charge in [0.1, 0.15) is 11.5 Å². The van der Waals surface area contributed by atoms with E-state index in [1.54, 1.807) is 24.3 Å². The Hall–Kier alpha value is -5.73. The molecule has 0 aromatic heterocycles. The number of methoxy groups -OCH3 is 1. The highest BCUT2D eigenvalue weighted by atomic mass is 19.4. The first-order valence-electron chi connectivity index (χ1n) is 14.0. The summed E-state index contributed by atoms with van der Waals surface area (Å²) in [5.74, 6) is -2.62. The molecule has 0 radical (unpaired) electrons. The lowest BCUT2D eigenvalue weighted by atomic mass is 10.0. The van der Waals surface area contributed by atoms with Crippen LogP contribution in [0.2, 0.25) is 0 Å². The lowest BCUT2D eigenvalue weighted by Crippen LogP contribution is -2.23. The first-order valence-corrected chi connectivity index (χ1v) is 14.0. The summed E-state index contributed by atoms with van der Waals surface area (Å²) in [6, 6.07) is 20.3. The molecule has 9 nitrogen and oxygen atoms in total. The Morgan fingerprint density at radius 1 is 0.688 bits per heavy atom. The van der Waals surface area contributed by atoms with Crippen LogP contribution in [0, 0.1) is 0 Å². The second-order valence-corrected chi connectivity index (χ2v) is 10.4. The zero-order chi connectivity index (χ0) is 34.8. The fourth-order valence-electron chi connectivity index (χ4n) is 5.33. The zero-order valence-electron chi connectivity index (χ0n) is 24.8. The molecule has 0 saturated heterocycles. The molecule has 0 saturated carbocycles. The third kappa shape index (κ3) is 7.62. The van der Waals surface area contributed by atoms with Crippen molar-refractivity contribution in [1.82, 2.24) is 0 Å². The van der Waals surface area contributed by atoms with Gasteiger partial charge in [-0.3, -0.25) is 4.79 Å². The molecule has 4 aromatic carbocycles. The largest absolute Gasteiger partial charge is 0.573 e. The molecule has 48 heavy (non-hydrogen) atoms. The van der Waals surface area contributed by atoms with Crippen LogP contribution >= 0.6 is 0 Å². The molecule has 6 rings (SSSR count). The van der Waals surface area contributed by atoms with Crippen molar-refractivity contribution in [3.05, 3.63) is 118 Å². The average Bonchev–Trinajstić information content (AvgIpc) is 3.61. The van der Waals surface area contributed by atoms with Gasteiger partial charge in [0.15, 0.2) is 0 Å². The van der Waals surface area contributed by atoms with E-state index in [0.29, 0.717) is 29.9 Å². The fraction of sp³-hybridized carbons (Fsp3) is 0.182. The third-order valence-corrected chi connectivity index (χ3v) is 7.40. The van der Waals surface area contributed by atoms with Crippen molar-refractivity contribution < 1.29 is 60.0 Å². The summed E-state index contributed by atoms with van der Waals surface area (Å²) in [6.07, 6.45) is -9.50. The molecule has 0 bridgehead atoms. The van der Waals surface area contributed by atoms with Gasteiger partial charge in [-0.2, -0.15) is 0 Å². The number of ether oxygens (including phenoxy) is 3. The third-order valence-electron chi connectivity index (χ3n) is 7.40. The number of benzene rings is 4. The van der Waals surface area contributed by atoms with Crippen molar-refractivity contribution in [2.24, 2.45) is 0 Å². The fourth-order valence-corrected chi connectivity index (χ4v) is 5.33. The van der Waals surface area contributed by atoms with Crippen molar-refractivity contribution in [2.45, 2.75) is 32.4 Å². The van der Waals surface area contributed by atoms with Crippen LogP contribution in [0.3, 0.4) is 0 Å². The van der Waals surface area contributed by atoms with E-state index >= 15 is 0 Å². The van der Waals surface area contributed by atoms with E-state index in [1.807, 2.05) is 11.0 Å². The van der Waals surface area contributed by atoms with Crippen LogP contribution in [0.15, 0.2) is 84.9 Å². The molecular weight excluding hydrogens is 650 g/mol. The van der Waals surface area contributed by atoms with Gasteiger partial charge in [-0.15, -0.1) is 26.3 Å². The summed E-state index contributed by atoms with van der Waals surface area (Å²) in [4.78, 5) is 38.7. The second-order valence-electron chi connectivity index (χ2n) is 10.4. The maximum absolute atomic E-state index is 12.4. The number of esters is 1. The summed E-state index contributed by atoms with van der Waals surface area (Å²) < 4.78 is 85.5. The second kappa shape index (κ2) is 13.2. The molecule has 250 valence electrons. The number of carboxylic acids is 1. The molecule has 4 aromatic rings. The number of rotatable bonds is 6. The Kier molecular flexibility index (Phi) is 9.23. The normalized spacial score (nSPS) is 13.7. The Balaban J connectivity index is 0.000000188. The SMILES string of the molecule is COC(=O)c1cccc2c1CN(c1ccc(OC(F)(F)F)cc1)C2.O=C(O)c1cccc2c1CN(c1ccc(OC(F)(F)F)cc1)C2=O.